The van der Waals surface area contributed by atoms with Crippen molar-refractivity contribution in [1.82, 2.24) is 9.88 Å². The third-order valence-corrected chi connectivity index (χ3v) is 7.62. The molecule has 2 heterocycles. The monoisotopic (exact) mass is 505 g/mol. The van der Waals surface area contributed by atoms with Crippen LogP contribution in [-0.4, -0.2) is 67.5 Å². The summed E-state index contributed by atoms with van der Waals surface area (Å²) in [6.07, 6.45) is 0.886. The van der Waals surface area contributed by atoms with Crippen LogP contribution in [0.15, 0.2) is 47.4 Å². The lowest BCUT2D eigenvalue weighted by molar-refractivity contribution is -0.116. The summed E-state index contributed by atoms with van der Waals surface area (Å²) in [5, 5.41) is 1.43. The van der Waals surface area contributed by atoms with E-state index in [-0.39, 0.29) is 5.91 Å². The molecule has 6 nitrogen and oxygen atoms in total. The van der Waals surface area contributed by atoms with E-state index in [0.29, 0.717) is 23.9 Å². The number of fused-ring (bicyclic) bond motifs is 1. The van der Waals surface area contributed by atoms with Crippen LogP contribution in [0.2, 0.25) is 5.02 Å². The van der Waals surface area contributed by atoms with E-state index in [4.69, 9.17) is 26.1 Å². The lowest BCUT2D eigenvalue weighted by atomic mass is 10.3. The smallest absolute Gasteiger partial charge is 0.239 e. The van der Waals surface area contributed by atoms with E-state index in [1.807, 2.05) is 54.3 Å². The Kier molecular flexibility index (Phi) is 8.86. The second kappa shape index (κ2) is 12.0. The minimum absolute atomic E-state index is 0.0565. The summed E-state index contributed by atoms with van der Waals surface area (Å²) in [5.41, 5.74) is 0.884. The molecule has 0 atom stereocenters. The molecular formula is C24H28ClN3O3S2. The van der Waals surface area contributed by atoms with Gasteiger partial charge < -0.3 is 9.47 Å². The molecular weight excluding hydrogens is 478 g/mol. The highest BCUT2D eigenvalue weighted by Gasteiger charge is 2.21. The van der Waals surface area contributed by atoms with Crippen molar-refractivity contribution < 1.29 is 14.3 Å². The van der Waals surface area contributed by atoms with Gasteiger partial charge in [0.15, 0.2) is 5.13 Å². The molecule has 1 aliphatic heterocycles. The van der Waals surface area contributed by atoms with E-state index >= 15 is 0 Å². The lowest BCUT2D eigenvalue weighted by Crippen LogP contribution is -2.39. The molecule has 176 valence electrons. The average Bonchev–Trinajstić information content (AvgIpc) is 3.25. The molecule has 1 aromatic heterocycles. The first kappa shape index (κ1) is 24.3. The number of thioether (sulfide) groups is 1. The van der Waals surface area contributed by atoms with Crippen molar-refractivity contribution in [1.29, 1.82) is 0 Å². The Balaban J connectivity index is 1.47. The van der Waals surface area contributed by atoms with Gasteiger partial charge in [-0.2, -0.15) is 0 Å². The van der Waals surface area contributed by atoms with Gasteiger partial charge in [0.05, 0.1) is 35.8 Å². The first-order valence-corrected chi connectivity index (χ1v) is 13.3. The number of anilines is 1. The number of carbonyl (C=O) groups excluding carboxylic acids is 1. The number of aromatic nitrogens is 1. The highest BCUT2D eigenvalue weighted by Crippen LogP contribution is 2.32. The molecule has 1 fully saturated rings. The van der Waals surface area contributed by atoms with E-state index in [1.54, 1.807) is 0 Å². The zero-order valence-electron chi connectivity index (χ0n) is 18.7. The van der Waals surface area contributed by atoms with Crippen molar-refractivity contribution >= 4 is 56.0 Å². The molecule has 33 heavy (non-hydrogen) atoms. The maximum atomic E-state index is 13.3. The van der Waals surface area contributed by atoms with E-state index in [9.17, 15) is 4.79 Å². The molecule has 1 aliphatic rings. The van der Waals surface area contributed by atoms with Crippen LogP contribution in [0, 0.1) is 0 Å². The van der Waals surface area contributed by atoms with Crippen LogP contribution in [0.25, 0.3) is 10.2 Å². The largest absolute Gasteiger partial charge is 0.494 e. The Morgan fingerprint density at radius 3 is 2.79 bits per heavy atom. The van der Waals surface area contributed by atoms with Crippen LogP contribution in [0.5, 0.6) is 5.75 Å². The highest BCUT2D eigenvalue weighted by molar-refractivity contribution is 8.00. The Morgan fingerprint density at radius 2 is 2.03 bits per heavy atom. The molecule has 0 N–H and O–H groups in total. The summed E-state index contributed by atoms with van der Waals surface area (Å²) in [6, 6.07) is 13.5. The predicted molar refractivity (Wildman–Crippen MR) is 137 cm³/mol. The molecule has 1 amide bonds. The Hall–Kier alpha value is -1.84. The van der Waals surface area contributed by atoms with Crippen LogP contribution in [-0.2, 0) is 9.53 Å². The number of rotatable bonds is 10. The Morgan fingerprint density at radius 1 is 1.24 bits per heavy atom. The van der Waals surface area contributed by atoms with Crippen LogP contribution in [0.4, 0.5) is 5.13 Å². The normalized spacial score (nSPS) is 14.5. The van der Waals surface area contributed by atoms with Gasteiger partial charge in [-0.25, -0.2) is 4.98 Å². The molecule has 9 heteroatoms. The van der Waals surface area contributed by atoms with Gasteiger partial charge in [0.25, 0.3) is 0 Å². The average molecular weight is 506 g/mol. The van der Waals surface area contributed by atoms with Crippen molar-refractivity contribution in [3.8, 4) is 5.75 Å². The SMILES string of the molecule is CCOc1ccc2nc(N(CCCN3CCOCC3)C(=O)CSc3ccc(Cl)cc3)sc2c1. The van der Waals surface area contributed by atoms with E-state index in [2.05, 4.69) is 4.90 Å². The summed E-state index contributed by atoms with van der Waals surface area (Å²) in [4.78, 5) is 23.3. The topological polar surface area (TPSA) is 54.9 Å². The van der Waals surface area contributed by atoms with E-state index in [1.165, 1.54) is 23.1 Å². The maximum Gasteiger partial charge on any atom is 0.239 e. The zero-order chi connectivity index (χ0) is 23.0. The van der Waals surface area contributed by atoms with Crippen molar-refractivity contribution in [2.24, 2.45) is 0 Å². The first-order chi connectivity index (χ1) is 16.1. The number of carbonyl (C=O) groups is 1. The Bertz CT molecular complexity index is 1050. The Labute approximate surface area is 207 Å². The van der Waals surface area contributed by atoms with Gasteiger partial charge in [-0.05, 0) is 55.8 Å². The van der Waals surface area contributed by atoms with Gasteiger partial charge in [-0.3, -0.25) is 14.6 Å². The van der Waals surface area contributed by atoms with Gasteiger partial charge in [0, 0.05) is 36.1 Å². The number of benzene rings is 2. The molecule has 0 spiro atoms. The van der Waals surface area contributed by atoms with Crippen LogP contribution < -0.4 is 9.64 Å². The number of morpholine rings is 1. The van der Waals surface area contributed by atoms with Crippen molar-refractivity contribution in [2.45, 2.75) is 18.2 Å². The molecule has 3 aromatic rings. The molecule has 2 aromatic carbocycles. The van der Waals surface area contributed by atoms with E-state index in [0.717, 1.165) is 65.3 Å². The lowest BCUT2D eigenvalue weighted by Gasteiger charge is -2.27. The van der Waals surface area contributed by atoms with Crippen molar-refractivity contribution in [3.05, 3.63) is 47.5 Å². The number of hydrogen-bond acceptors (Lipinski definition) is 7. The van der Waals surface area contributed by atoms with Gasteiger partial charge in [-0.1, -0.05) is 22.9 Å². The predicted octanol–water partition coefficient (Wildman–Crippen LogP) is 5.20. The molecule has 0 aliphatic carbocycles. The number of ether oxygens (including phenoxy) is 2. The van der Waals surface area contributed by atoms with Crippen LogP contribution >= 0.6 is 34.7 Å². The zero-order valence-corrected chi connectivity index (χ0v) is 21.1. The minimum Gasteiger partial charge on any atom is -0.494 e. The van der Waals surface area contributed by atoms with Crippen LogP contribution in [0.3, 0.4) is 0 Å². The van der Waals surface area contributed by atoms with Gasteiger partial charge in [-0.15, -0.1) is 11.8 Å². The third-order valence-electron chi connectivity index (χ3n) is 5.33. The van der Waals surface area contributed by atoms with Crippen molar-refractivity contribution in [2.75, 3.05) is 56.7 Å². The minimum atomic E-state index is 0.0565. The molecule has 0 radical (unpaired) electrons. The molecule has 0 bridgehead atoms. The first-order valence-electron chi connectivity index (χ1n) is 11.1. The molecule has 0 unspecified atom stereocenters. The second-order valence-electron chi connectivity index (χ2n) is 7.65. The summed E-state index contributed by atoms with van der Waals surface area (Å²) in [6.45, 7) is 7.61. The molecule has 0 saturated carbocycles. The number of halogens is 1. The standard InChI is InChI=1S/C24H28ClN3O3S2/c1-2-31-19-6-9-21-22(16-19)33-24(26-21)28(11-3-10-27-12-14-30-15-13-27)23(29)17-32-20-7-4-18(25)5-8-20/h4-9,16H,2-3,10-15,17H2,1H3. The fourth-order valence-electron chi connectivity index (χ4n) is 3.62. The number of thiazole rings is 1. The maximum absolute atomic E-state index is 13.3. The summed E-state index contributed by atoms with van der Waals surface area (Å²) < 4.78 is 12.1. The summed E-state index contributed by atoms with van der Waals surface area (Å²) >= 11 is 9.04. The second-order valence-corrected chi connectivity index (χ2v) is 10.1. The highest BCUT2D eigenvalue weighted by atomic mass is 35.5. The number of nitrogens with zero attached hydrogens (tertiary/aromatic N) is 3. The summed E-state index contributed by atoms with van der Waals surface area (Å²) in [7, 11) is 0. The fourth-order valence-corrected chi connectivity index (χ4v) is 5.56. The third kappa shape index (κ3) is 6.83. The quantitative estimate of drug-likeness (QED) is 0.353. The van der Waals surface area contributed by atoms with Crippen molar-refractivity contribution in [3.63, 3.8) is 0 Å². The van der Waals surface area contributed by atoms with Gasteiger partial charge in [0.1, 0.15) is 5.75 Å². The van der Waals surface area contributed by atoms with E-state index < -0.39 is 0 Å². The number of amides is 1. The molecule has 4 rings (SSSR count). The fraction of sp³-hybridized carbons (Fsp3) is 0.417. The summed E-state index contributed by atoms with van der Waals surface area (Å²) in [5.74, 6) is 1.23. The number of hydrogen-bond donors (Lipinski definition) is 0. The molecule has 1 saturated heterocycles. The van der Waals surface area contributed by atoms with Gasteiger partial charge in [0.2, 0.25) is 5.91 Å². The van der Waals surface area contributed by atoms with Crippen LogP contribution in [0.1, 0.15) is 13.3 Å². The van der Waals surface area contributed by atoms with Gasteiger partial charge >= 0.3 is 0 Å².